The van der Waals surface area contributed by atoms with Gasteiger partial charge in [-0.05, 0) is 13.8 Å². The van der Waals surface area contributed by atoms with Crippen molar-refractivity contribution in [2.75, 3.05) is 13.1 Å². The molecule has 1 fully saturated rings. The van der Waals surface area contributed by atoms with E-state index in [1.54, 1.807) is 18.6 Å². The molecule has 1 aliphatic heterocycles. The number of ether oxygens (including phenoxy) is 1. The van der Waals surface area contributed by atoms with E-state index in [0.717, 1.165) is 17.7 Å². The average molecular weight is 302 g/mol. The first-order valence-electron chi connectivity index (χ1n) is 7.25. The molecule has 2 aromatic heterocycles. The maximum atomic E-state index is 12.4. The summed E-state index contributed by atoms with van der Waals surface area (Å²) in [6.45, 7) is 4.93. The van der Waals surface area contributed by atoms with Crippen molar-refractivity contribution >= 4 is 5.91 Å². The van der Waals surface area contributed by atoms with Crippen LogP contribution in [0.3, 0.4) is 0 Å². The summed E-state index contributed by atoms with van der Waals surface area (Å²) < 4.78 is 10.8. The van der Waals surface area contributed by atoms with Crippen molar-refractivity contribution in [3.05, 3.63) is 35.6 Å². The quantitative estimate of drug-likeness (QED) is 0.847. The average Bonchev–Trinajstić information content (AvgIpc) is 3.10. The normalized spacial score (nSPS) is 17.7. The highest BCUT2D eigenvalue weighted by atomic mass is 16.5. The predicted octanol–water partition coefficient (Wildman–Crippen LogP) is 1.30. The van der Waals surface area contributed by atoms with Crippen LogP contribution in [-0.4, -0.2) is 45.1 Å². The molecular weight excluding hydrogens is 284 g/mol. The number of likely N-dealkylation sites (tertiary alicyclic amines) is 1. The molecule has 7 heteroatoms. The molecule has 1 aliphatic rings. The number of aromatic nitrogens is 3. The van der Waals surface area contributed by atoms with Crippen LogP contribution in [0.15, 0.2) is 23.1 Å². The number of amides is 1. The minimum Gasteiger partial charge on any atom is -0.471 e. The summed E-state index contributed by atoms with van der Waals surface area (Å²) in [5.74, 6) is 1.27. The lowest BCUT2D eigenvalue weighted by Crippen LogP contribution is -2.32. The molecule has 1 unspecified atom stereocenters. The van der Waals surface area contributed by atoms with Gasteiger partial charge in [0.15, 0.2) is 0 Å². The molecule has 2 aromatic rings. The topological polar surface area (TPSA) is 81.4 Å². The predicted molar refractivity (Wildman–Crippen MR) is 77.3 cm³/mol. The second kappa shape index (κ2) is 6.13. The van der Waals surface area contributed by atoms with E-state index in [1.165, 1.54) is 0 Å². The number of hydrogen-bond donors (Lipinski definition) is 0. The van der Waals surface area contributed by atoms with E-state index in [1.807, 2.05) is 18.7 Å². The maximum Gasteiger partial charge on any atom is 0.232 e. The van der Waals surface area contributed by atoms with Crippen molar-refractivity contribution in [2.45, 2.75) is 32.8 Å². The largest absolute Gasteiger partial charge is 0.471 e. The van der Waals surface area contributed by atoms with Crippen LogP contribution in [0, 0.1) is 13.8 Å². The summed E-state index contributed by atoms with van der Waals surface area (Å²) in [4.78, 5) is 22.3. The van der Waals surface area contributed by atoms with Crippen LogP contribution >= 0.6 is 0 Å². The van der Waals surface area contributed by atoms with E-state index in [9.17, 15) is 4.79 Å². The summed E-state index contributed by atoms with van der Waals surface area (Å²) in [5.41, 5.74) is 1.65. The Morgan fingerprint density at radius 3 is 3.00 bits per heavy atom. The second-order valence-electron chi connectivity index (χ2n) is 5.39. The van der Waals surface area contributed by atoms with E-state index < -0.39 is 0 Å². The molecule has 0 aliphatic carbocycles. The zero-order valence-electron chi connectivity index (χ0n) is 12.7. The van der Waals surface area contributed by atoms with Crippen molar-refractivity contribution in [3.8, 4) is 5.88 Å². The molecular formula is C15H18N4O3. The SMILES string of the molecule is Cc1noc(C)c1CC(=O)N1CCC(Oc2cnccn2)C1. The van der Waals surface area contributed by atoms with Gasteiger partial charge in [-0.3, -0.25) is 9.78 Å². The molecule has 22 heavy (non-hydrogen) atoms. The molecule has 116 valence electrons. The Balaban J connectivity index is 1.57. The van der Waals surface area contributed by atoms with Gasteiger partial charge in [0.25, 0.3) is 0 Å². The Labute approximate surface area is 128 Å². The standard InChI is InChI=1S/C15H18N4O3/c1-10-13(11(2)22-18-10)7-15(20)19-6-3-12(9-19)21-14-8-16-4-5-17-14/h4-5,8,12H,3,6-7,9H2,1-2H3. The first-order chi connectivity index (χ1) is 10.6. The second-order valence-corrected chi connectivity index (χ2v) is 5.39. The zero-order valence-corrected chi connectivity index (χ0v) is 12.7. The van der Waals surface area contributed by atoms with Crippen LogP contribution in [0.2, 0.25) is 0 Å². The van der Waals surface area contributed by atoms with E-state index in [4.69, 9.17) is 9.26 Å². The first kappa shape index (κ1) is 14.5. The van der Waals surface area contributed by atoms with Gasteiger partial charge >= 0.3 is 0 Å². The van der Waals surface area contributed by atoms with Gasteiger partial charge in [-0.25, -0.2) is 4.98 Å². The number of aryl methyl sites for hydroxylation is 2. The summed E-state index contributed by atoms with van der Waals surface area (Å²) in [6.07, 6.45) is 5.84. The number of rotatable bonds is 4. The van der Waals surface area contributed by atoms with Crippen molar-refractivity contribution in [1.29, 1.82) is 0 Å². The molecule has 0 N–H and O–H groups in total. The fraction of sp³-hybridized carbons (Fsp3) is 0.467. The fourth-order valence-corrected chi connectivity index (χ4v) is 2.59. The van der Waals surface area contributed by atoms with Crippen LogP contribution in [-0.2, 0) is 11.2 Å². The Morgan fingerprint density at radius 2 is 2.32 bits per heavy atom. The van der Waals surface area contributed by atoms with Crippen molar-refractivity contribution in [2.24, 2.45) is 0 Å². The lowest BCUT2D eigenvalue weighted by Gasteiger charge is -2.16. The van der Waals surface area contributed by atoms with Crippen LogP contribution in [0.25, 0.3) is 0 Å². The Bertz CT molecular complexity index is 637. The maximum absolute atomic E-state index is 12.4. The minimum absolute atomic E-state index is 0.0367. The van der Waals surface area contributed by atoms with Gasteiger partial charge < -0.3 is 14.2 Å². The lowest BCUT2D eigenvalue weighted by atomic mass is 10.1. The summed E-state index contributed by atoms with van der Waals surface area (Å²) >= 11 is 0. The Morgan fingerprint density at radius 1 is 1.45 bits per heavy atom. The summed E-state index contributed by atoms with van der Waals surface area (Å²) in [6, 6.07) is 0. The van der Waals surface area contributed by atoms with E-state index in [2.05, 4.69) is 15.1 Å². The van der Waals surface area contributed by atoms with Gasteiger partial charge in [0.1, 0.15) is 11.9 Å². The van der Waals surface area contributed by atoms with Gasteiger partial charge in [0.05, 0.1) is 24.9 Å². The molecule has 7 nitrogen and oxygen atoms in total. The molecule has 0 bridgehead atoms. The molecule has 3 rings (SSSR count). The van der Waals surface area contributed by atoms with Crippen molar-refractivity contribution in [3.63, 3.8) is 0 Å². The van der Waals surface area contributed by atoms with Crippen LogP contribution < -0.4 is 4.74 Å². The van der Waals surface area contributed by atoms with Gasteiger partial charge in [-0.15, -0.1) is 0 Å². The molecule has 3 heterocycles. The van der Waals surface area contributed by atoms with E-state index in [0.29, 0.717) is 31.2 Å². The zero-order chi connectivity index (χ0) is 15.5. The fourth-order valence-electron chi connectivity index (χ4n) is 2.59. The Hall–Kier alpha value is -2.44. The van der Waals surface area contributed by atoms with E-state index >= 15 is 0 Å². The lowest BCUT2D eigenvalue weighted by molar-refractivity contribution is -0.129. The number of hydrogen-bond acceptors (Lipinski definition) is 6. The molecule has 0 aromatic carbocycles. The monoisotopic (exact) mass is 302 g/mol. The molecule has 1 saturated heterocycles. The smallest absolute Gasteiger partial charge is 0.232 e. The summed E-state index contributed by atoms with van der Waals surface area (Å²) in [7, 11) is 0. The van der Waals surface area contributed by atoms with Crippen LogP contribution in [0.1, 0.15) is 23.4 Å². The number of carbonyl (C=O) groups is 1. The van der Waals surface area contributed by atoms with Gasteiger partial charge in [0.2, 0.25) is 11.8 Å². The third kappa shape index (κ3) is 3.08. The first-order valence-corrected chi connectivity index (χ1v) is 7.25. The minimum atomic E-state index is -0.0367. The number of nitrogens with zero attached hydrogens (tertiary/aromatic N) is 4. The van der Waals surface area contributed by atoms with Gasteiger partial charge in [-0.1, -0.05) is 5.16 Å². The molecule has 0 spiro atoms. The third-order valence-corrected chi connectivity index (χ3v) is 3.83. The summed E-state index contributed by atoms with van der Waals surface area (Å²) in [5, 5.41) is 3.88. The third-order valence-electron chi connectivity index (χ3n) is 3.83. The highest BCUT2D eigenvalue weighted by Gasteiger charge is 2.28. The van der Waals surface area contributed by atoms with Crippen LogP contribution in [0.4, 0.5) is 0 Å². The van der Waals surface area contributed by atoms with Gasteiger partial charge in [0, 0.05) is 30.9 Å². The molecule has 1 amide bonds. The van der Waals surface area contributed by atoms with Gasteiger partial charge in [-0.2, -0.15) is 0 Å². The van der Waals surface area contributed by atoms with E-state index in [-0.39, 0.29) is 12.0 Å². The molecule has 0 radical (unpaired) electrons. The molecule has 1 atom stereocenters. The van der Waals surface area contributed by atoms with Crippen LogP contribution in [0.5, 0.6) is 5.88 Å². The highest BCUT2D eigenvalue weighted by molar-refractivity contribution is 5.79. The van der Waals surface area contributed by atoms with Crippen molar-refractivity contribution < 1.29 is 14.1 Å². The molecule has 0 saturated carbocycles. The Kier molecular flexibility index (Phi) is 4.04. The highest BCUT2D eigenvalue weighted by Crippen LogP contribution is 2.19. The van der Waals surface area contributed by atoms with Crippen molar-refractivity contribution in [1.82, 2.24) is 20.0 Å². The number of carbonyl (C=O) groups excluding carboxylic acids is 1.